The summed E-state index contributed by atoms with van der Waals surface area (Å²) in [6.07, 6.45) is 0.446. The molecule has 0 amide bonds. The fourth-order valence-corrected chi connectivity index (χ4v) is 2.43. The summed E-state index contributed by atoms with van der Waals surface area (Å²) < 4.78 is 6.30. The summed E-state index contributed by atoms with van der Waals surface area (Å²) in [6, 6.07) is 2.20. The normalized spacial score (nSPS) is 9.87. The lowest BCUT2D eigenvalue weighted by atomic mass is 9.95. The van der Waals surface area contributed by atoms with Crippen LogP contribution >= 0.6 is 15.9 Å². The first kappa shape index (κ1) is 12.1. The van der Waals surface area contributed by atoms with Crippen molar-refractivity contribution in [2.45, 2.75) is 27.2 Å². The Kier molecular flexibility index (Phi) is 3.76. The van der Waals surface area contributed by atoms with Crippen LogP contribution in [0.25, 0.3) is 0 Å². The zero-order valence-corrected chi connectivity index (χ0v) is 11.0. The number of ether oxygens (including phenoxy) is 1. The van der Waals surface area contributed by atoms with Gasteiger partial charge in [-0.05, 0) is 59.0 Å². The van der Waals surface area contributed by atoms with Crippen LogP contribution in [-0.2, 0) is 6.42 Å². The Labute approximate surface area is 99.0 Å². The zero-order valence-electron chi connectivity index (χ0n) is 9.44. The van der Waals surface area contributed by atoms with Crippen LogP contribution in [-0.4, -0.2) is 7.11 Å². The van der Waals surface area contributed by atoms with Gasteiger partial charge >= 0.3 is 0 Å². The Bertz CT molecular complexity index is 403. The highest BCUT2D eigenvalue weighted by Gasteiger charge is 2.15. The van der Waals surface area contributed by atoms with Gasteiger partial charge in [-0.3, -0.25) is 0 Å². The number of hydrogen-bond acceptors (Lipinski definition) is 2. The molecule has 0 heterocycles. The Morgan fingerprint density at radius 3 is 2.27 bits per heavy atom. The molecule has 0 aromatic heterocycles. The molecule has 2 nitrogen and oxygen atoms in total. The number of nitrogens with zero attached hydrogens (tertiary/aromatic N) is 1. The molecule has 0 atom stereocenters. The molecule has 0 aliphatic heterocycles. The minimum Gasteiger partial charge on any atom is -0.495 e. The van der Waals surface area contributed by atoms with Gasteiger partial charge in [-0.1, -0.05) is 0 Å². The van der Waals surface area contributed by atoms with Gasteiger partial charge < -0.3 is 4.74 Å². The van der Waals surface area contributed by atoms with Gasteiger partial charge in [-0.2, -0.15) is 5.26 Å². The number of rotatable bonds is 2. The predicted octanol–water partition coefficient (Wildman–Crippen LogP) is 3.45. The van der Waals surface area contributed by atoms with Crippen molar-refractivity contribution in [1.82, 2.24) is 0 Å². The molecule has 80 valence electrons. The maximum absolute atomic E-state index is 8.78. The van der Waals surface area contributed by atoms with Crippen molar-refractivity contribution in [3.8, 4) is 11.8 Å². The molecule has 0 bridgehead atoms. The van der Waals surface area contributed by atoms with Crippen LogP contribution in [0.4, 0.5) is 0 Å². The summed E-state index contributed by atoms with van der Waals surface area (Å²) in [5, 5.41) is 8.78. The van der Waals surface area contributed by atoms with Crippen LogP contribution in [0.15, 0.2) is 4.47 Å². The van der Waals surface area contributed by atoms with E-state index in [0.29, 0.717) is 6.42 Å². The molecule has 0 unspecified atom stereocenters. The van der Waals surface area contributed by atoms with Gasteiger partial charge in [0.05, 0.1) is 24.1 Å². The SMILES string of the molecule is COc1c(C)c(C)c(CC#N)c(C)c1Br. The average molecular weight is 268 g/mol. The van der Waals surface area contributed by atoms with Gasteiger partial charge in [0.25, 0.3) is 0 Å². The molecular weight excluding hydrogens is 254 g/mol. The fraction of sp³-hybridized carbons (Fsp3) is 0.417. The summed E-state index contributed by atoms with van der Waals surface area (Å²) in [7, 11) is 1.66. The molecule has 1 aromatic rings. The number of nitriles is 1. The maximum atomic E-state index is 8.78. The molecule has 0 saturated carbocycles. The third-order valence-electron chi connectivity index (χ3n) is 2.80. The Balaban J connectivity index is 3.53. The number of halogens is 1. The van der Waals surface area contributed by atoms with E-state index in [1.54, 1.807) is 7.11 Å². The molecule has 3 heteroatoms. The van der Waals surface area contributed by atoms with Crippen molar-refractivity contribution in [2.24, 2.45) is 0 Å². The first-order valence-electron chi connectivity index (χ1n) is 4.73. The summed E-state index contributed by atoms with van der Waals surface area (Å²) in [6.45, 7) is 6.05. The molecular formula is C12H14BrNO. The lowest BCUT2D eigenvalue weighted by Gasteiger charge is -2.16. The molecule has 1 rings (SSSR count). The van der Waals surface area contributed by atoms with Crippen LogP contribution in [0.3, 0.4) is 0 Å². The second-order valence-electron chi connectivity index (χ2n) is 3.54. The van der Waals surface area contributed by atoms with Crippen molar-refractivity contribution in [2.75, 3.05) is 7.11 Å². The Morgan fingerprint density at radius 2 is 1.80 bits per heavy atom. The fourth-order valence-electron chi connectivity index (χ4n) is 1.73. The van der Waals surface area contributed by atoms with E-state index < -0.39 is 0 Å². The molecule has 0 aliphatic carbocycles. The highest BCUT2D eigenvalue weighted by atomic mass is 79.9. The van der Waals surface area contributed by atoms with Crippen molar-refractivity contribution < 1.29 is 4.74 Å². The third kappa shape index (κ3) is 2.00. The van der Waals surface area contributed by atoms with E-state index in [1.807, 2.05) is 20.8 Å². The van der Waals surface area contributed by atoms with E-state index in [-0.39, 0.29) is 0 Å². The van der Waals surface area contributed by atoms with Crippen LogP contribution in [0.5, 0.6) is 5.75 Å². The molecule has 1 aromatic carbocycles. The van der Waals surface area contributed by atoms with Crippen LogP contribution in [0.2, 0.25) is 0 Å². The van der Waals surface area contributed by atoms with Crippen molar-refractivity contribution >= 4 is 15.9 Å². The summed E-state index contributed by atoms with van der Waals surface area (Å²) in [4.78, 5) is 0. The molecule has 0 fully saturated rings. The van der Waals surface area contributed by atoms with Gasteiger partial charge in [0, 0.05) is 0 Å². The van der Waals surface area contributed by atoms with Gasteiger partial charge in [0.2, 0.25) is 0 Å². The monoisotopic (exact) mass is 267 g/mol. The van der Waals surface area contributed by atoms with Crippen molar-refractivity contribution in [3.05, 3.63) is 26.7 Å². The number of benzene rings is 1. The third-order valence-corrected chi connectivity index (χ3v) is 3.75. The van der Waals surface area contributed by atoms with Crippen molar-refractivity contribution in [3.63, 3.8) is 0 Å². The molecule has 0 N–H and O–H groups in total. The van der Waals surface area contributed by atoms with Crippen LogP contribution in [0, 0.1) is 32.1 Å². The number of hydrogen-bond donors (Lipinski definition) is 0. The zero-order chi connectivity index (χ0) is 11.6. The molecule has 0 radical (unpaired) electrons. The lowest BCUT2D eigenvalue weighted by Crippen LogP contribution is -2.00. The summed E-state index contributed by atoms with van der Waals surface area (Å²) in [5.41, 5.74) is 4.44. The van der Waals surface area contributed by atoms with Gasteiger partial charge in [-0.15, -0.1) is 0 Å². The topological polar surface area (TPSA) is 33.0 Å². The summed E-state index contributed by atoms with van der Waals surface area (Å²) >= 11 is 3.51. The highest BCUT2D eigenvalue weighted by Crippen LogP contribution is 2.36. The Hall–Kier alpha value is -1.01. The summed E-state index contributed by atoms with van der Waals surface area (Å²) in [5.74, 6) is 0.867. The molecule has 15 heavy (non-hydrogen) atoms. The highest BCUT2D eigenvalue weighted by molar-refractivity contribution is 9.10. The van der Waals surface area contributed by atoms with Gasteiger partial charge in [-0.25, -0.2) is 0 Å². The Morgan fingerprint density at radius 1 is 1.20 bits per heavy atom. The average Bonchev–Trinajstić information content (AvgIpc) is 2.23. The minimum absolute atomic E-state index is 0.446. The van der Waals surface area contributed by atoms with Crippen LogP contribution < -0.4 is 4.74 Å². The second-order valence-corrected chi connectivity index (χ2v) is 4.33. The van der Waals surface area contributed by atoms with Gasteiger partial charge in [0.1, 0.15) is 5.75 Å². The van der Waals surface area contributed by atoms with E-state index >= 15 is 0 Å². The predicted molar refractivity (Wildman–Crippen MR) is 64.2 cm³/mol. The minimum atomic E-state index is 0.446. The lowest BCUT2D eigenvalue weighted by molar-refractivity contribution is 0.408. The van der Waals surface area contributed by atoms with E-state index in [1.165, 1.54) is 0 Å². The van der Waals surface area contributed by atoms with Gasteiger partial charge in [0.15, 0.2) is 0 Å². The first-order chi connectivity index (χ1) is 7.04. The van der Waals surface area contributed by atoms with E-state index in [2.05, 4.69) is 22.0 Å². The quantitative estimate of drug-likeness (QED) is 0.823. The number of methoxy groups -OCH3 is 1. The standard InChI is InChI=1S/C12H14BrNO/c1-7-8(2)12(15-4)11(13)9(3)10(7)5-6-14/h5H2,1-4H3. The largest absolute Gasteiger partial charge is 0.495 e. The first-order valence-corrected chi connectivity index (χ1v) is 5.53. The van der Waals surface area contributed by atoms with E-state index in [0.717, 1.165) is 32.5 Å². The van der Waals surface area contributed by atoms with E-state index in [4.69, 9.17) is 10.00 Å². The second kappa shape index (κ2) is 4.67. The maximum Gasteiger partial charge on any atom is 0.136 e. The van der Waals surface area contributed by atoms with Crippen LogP contribution in [0.1, 0.15) is 22.3 Å². The molecule has 0 spiro atoms. The van der Waals surface area contributed by atoms with Crippen molar-refractivity contribution in [1.29, 1.82) is 5.26 Å². The molecule has 0 aliphatic rings. The smallest absolute Gasteiger partial charge is 0.136 e. The molecule has 0 saturated heterocycles. The van der Waals surface area contributed by atoms with E-state index in [9.17, 15) is 0 Å².